The molecule has 2 aromatic rings. The number of halogens is 1. The normalized spacial score (nSPS) is 10.7. The summed E-state index contributed by atoms with van der Waals surface area (Å²) in [5.74, 6) is 0.396. The molecule has 2 aromatic heterocycles. The molecule has 9 heteroatoms. The monoisotopic (exact) mass is 300 g/mol. The molecular weight excluding hydrogens is 288 g/mol. The van der Waals surface area contributed by atoms with Gasteiger partial charge < -0.3 is 10.6 Å². The van der Waals surface area contributed by atoms with Crippen LogP contribution in [0.3, 0.4) is 0 Å². The quantitative estimate of drug-likeness (QED) is 0.868. The first kappa shape index (κ1) is 13.9. The Kier molecular flexibility index (Phi) is 4.46. The van der Waals surface area contributed by atoms with Crippen LogP contribution in [0.25, 0.3) is 0 Å². The summed E-state index contributed by atoms with van der Waals surface area (Å²) in [7, 11) is 1.72. The summed E-state index contributed by atoms with van der Waals surface area (Å²) < 4.78 is 2.11. The first-order chi connectivity index (χ1) is 9.10. The van der Waals surface area contributed by atoms with Crippen LogP contribution in [0.15, 0.2) is 12.1 Å². The molecule has 0 aliphatic carbocycles. The van der Waals surface area contributed by atoms with Crippen LogP contribution in [-0.4, -0.2) is 38.1 Å². The number of hydrogen-bond donors (Lipinski definition) is 1. The van der Waals surface area contributed by atoms with E-state index in [1.807, 2.05) is 12.1 Å². The summed E-state index contributed by atoms with van der Waals surface area (Å²) in [6.07, 6.45) is 0. The Labute approximate surface area is 119 Å². The fourth-order valence-corrected chi connectivity index (χ4v) is 2.64. The second-order valence-electron chi connectivity index (χ2n) is 3.91. The molecule has 0 spiro atoms. The minimum Gasteiger partial charge on any atom is -0.339 e. The van der Waals surface area contributed by atoms with Crippen molar-refractivity contribution in [3.63, 3.8) is 0 Å². The molecule has 2 heterocycles. The molecule has 0 aliphatic heterocycles. The average molecular weight is 301 g/mol. The van der Waals surface area contributed by atoms with Crippen molar-refractivity contribution in [1.29, 1.82) is 0 Å². The third-order valence-corrected chi connectivity index (χ3v) is 3.74. The molecule has 0 aliphatic rings. The average Bonchev–Trinajstić information content (AvgIpc) is 2.98. The molecule has 0 aromatic carbocycles. The fraction of sp³-hybridized carbons (Fsp3) is 0.400. The molecule has 2 rings (SSSR count). The maximum atomic E-state index is 12.0. The summed E-state index contributed by atoms with van der Waals surface area (Å²) in [5.41, 5.74) is 5.47. The lowest BCUT2D eigenvalue weighted by Crippen LogP contribution is -2.30. The van der Waals surface area contributed by atoms with Gasteiger partial charge in [-0.15, -0.1) is 16.4 Å². The van der Waals surface area contributed by atoms with E-state index in [0.717, 1.165) is 4.88 Å². The van der Waals surface area contributed by atoms with Gasteiger partial charge in [0.2, 0.25) is 5.91 Å². The zero-order chi connectivity index (χ0) is 13.8. The molecule has 0 radical (unpaired) electrons. The summed E-state index contributed by atoms with van der Waals surface area (Å²) in [5, 5.41) is 10.9. The Balaban J connectivity index is 1.96. The highest BCUT2D eigenvalue weighted by Gasteiger charge is 2.14. The molecule has 1 amide bonds. The van der Waals surface area contributed by atoms with Gasteiger partial charge in [-0.3, -0.25) is 4.79 Å². The molecule has 7 nitrogen and oxygen atoms in total. The Hall–Kier alpha value is -1.51. The van der Waals surface area contributed by atoms with E-state index in [1.54, 1.807) is 11.9 Å². The van der Waals surface area contributed by atoms with E-state index in [2.05, 4.69) is 15.5 Å². The highest BCUT2D eigenvalue weighted by atomic mass is 35.5. The van der Waals surface area contributed by atoms with E-state index in [-0.39, 0.29) is 19.0 Å². The molecule has 19 heavy (non-hydrogen) atoms. The number of aromatic nitrogens is 4. The van der Waals surface area contributed by atoms with Crippen molar-refractivity contribution >= 4 is 28.8 Å². The summed E-state index contributed by atoms with van der Waals surface area (Å²) in [6.45, 7) is 0.788. The number of carbonyl (C=O) groups is 1. The molecule has 0 fully saturated rings. The van der Waals surface area contributed by atoms with Gasteiger partial charge in [0.1, 0.15) is 6.54 Å². The van der Waals surface area contributed by atoms with Crippen molar-refractivity contribution in [2.24, 2.45) is 5.73 Å². The molecule has 0 bridgehead atoms. The van der Waals surface area contributed by atoms with Crippen molar-refractivity contribution in [3.05, 3.63) is 27.2 Å². The SMILES string of the molecule is CN(Cc1ccc(Cl)s1)C(=O)Cn1nnnc1CN. The molecular formula is C10H13ClN6OS. The van der Waals surface area contributed by atoms with Crippen LogP contribution in [-0.2, 0) is 24.4 Å². The Morgan fingerprint density at radius 3 is 3.00 bits per heavy atom. The van der Waals surface area contributed by atoms with Crippen molar-refractivity contribution in [2.45, 2.75) is 19.6 Å². The lowest BCUT2D eigenvalue weighted by molar-refractivity contribution is -0.131. The zero-order valence-electron chi connectivity index (χ0n) is 10.3. The van der Waals surface area contributed by atoms with E-state index in [1.165, 1.54) is 16.0 Å². The lowest BCUT2D eigenvalue weighted by atomic mass is 10.4. The Morgan fingerprint density at radius 1 is 1.58 bits per heavy atom. The number of tetrazole rings is 1. The first-order valence-electron chi connectivity index (χ1n) is 5.53. The lowest BCUT2D eigenvalue weighted by Gasteiger charge is -2.16. The van der Waals surface area contributed by atoms with E-state index >= 15 is 0 Å². The Bertz CT molecular complexity index is 568. The third kappa shape index (κ3) is 3.49. The largest absolute Gasteiger partial charge is 0.339 e. The van der Waals surface area contributed by atoms with Crippen LogP contribution >= 0.6 is 22.9 Å². The van der Waals surface area contributed by atoms with Crippen LogP contribution in [0.4, 0.5) is 0 Å². The topological polar surface area (TPSA) is 89.9 Å². The van der Waals surface area contributed by atoms with Crippen LogP contribution in [0.2, 0.25) is 4.34 Å². The maximum Gasteiger partial charge on any atom is 0.244 e. The summed E-state index contributed by atoms with van der Waals surface area (Å²) >= 11 is 7.30. The smallest absolute Gasteiger partial charge is 0.244 e. The van der Waals surface area contributed by atoms with Gasteiger partial charge in [0.15, 0.2) is 5.82 Å². The van der Waals surface area contributed by atoms with Crippen LogP contribution in [0, 0.1) is 0 Å². The van der Waals surface area contributed by atoms with Gasteiger partial charge in [0, 0.05) is 11.9 Å². The predicted octanol–water partition coefficient (Wildman–Crippen LogP) is 0.505. The first-order valence-corrected chi connectivity index (χ1v) is 6.73. The van der Waals surface area contributed by atoms with Crippen LogP contribution in [0.5, 0.6) is 0 Å². The van der Waals surface area contributed by atoms with Gasteiger partial charge in [0.25, 0.3) is 0 Å². The van der Waals surface area contributed by atoms with E-state index in [0.29, 0.717) is 16.7 Å². The predicted molar refractivity (Wildman–Crippen MR) is 71.5 cm³/mol. The number of rotatable bonds is 5. The van der Waals surface area contributed by atoms with E-state index in [4.69, 9.17) is 17.3 Å². The van der Waals surface area contributed by atoms with Crippen molar-refractivity contribution in [2.75, 3.05) is 7.05 Å². The van der Waals surface area contributed by atoms with E-state index in [9.17, 15) is 4.79 Å². The maximum absolute atomic E-state index is 12.0. The second kappa shape index (κ2) is 6.09. The van der Waals surface area contributed by atoms with Gasteiger partial charge >= 0.3 is 0 Å². The minimum absolute atomic E-state index is 0.0785. The van der Waals surface area contributed by atoms with Crippen LogP contribution in [0.1, 0.15) is 10.7 Å². The second-order valence-corrected chi connectivity index (χ2v) is 5.71. The number of carbonyl (C=O) groups excluding carboxylic acids is 1. The highest BCUT2D eigenvalue weighted by Crippen LogP contribution is 2.22. The number of hydrogen-bond acceptors (Lipinski definition) is 6. The van der Waals surface area contributed by atoms with Gasteiger partial charge in [-0.1, -0.05) is 11.6 Å². The van der Waals surface area contributed by atoms with Gasteiger partial charge in [0.05, 0.1) is 17.4 Å². The van der Waals surface area contributed by atoms with Gasteiger partial charge in [-0.25, -0.2) is 4.68 Å². The number of nitrogens with two attached hydrogens (primary N) is 1. The van der Waals surface area contributed by atoms with Crippen LogP contribution < -0.4 is 5.73 Å². The molecule has 102 valence electrons. The molecule has 0 saturated heterocycles. The van der Waals surface area contributed by atoms with E-state index < -0.39 is 0 Å². The molecule has 0 saturated carbocycles. The standard InChI is InChI=1S/C10H13ClN6OS/c1-16(5-7-2-3-8(11)19-7)10(18)6-17-9(4-12)13-14-15-17/h2-3H,4-6,12H2,1H3. The fourth-order valence-electron chi connectivity index (χ4n) is 1.50. The van der Waals surface area contributed by atoms with Gasteiger partial charge in [-0.2, -0.15) is 0 Å². The van der Waals surface area contributed by atoms with Crippen molar-refractivity contribution < 1.29 is 4.79 Å². The Morgan fingerprint density at radius 2 is 2.37 bits per heavy atom. The van der Waals surface area contributed by atoms with Crippen molar-refractivity contribution in [3.8, 4) is 0 Å². The van der Waals surface area contributed by atoms with Gasteiger partial charge in [-0.05, 0) is 22.6 Å². The summed E-state index contributed by atoms with van der Waals surface area (Å²) in [6, 6.07) is 3.72. The molecule has 0 unspecified atom stereocenters. The number of thiophene rings is 1. The number of likely N-dealkylation sites (N-methyl/N-ethyl adjacent to an activating group) is 1. The minimum atomic E-state index is -0.0912. The number of amides is 1. The highest BCUT2D eigenvalue weighted by molar-refractivity contribution is 7.16. The van der Waals surface area contributed by atoms with Crippen molar-refractivity contribution in [1.82, 2.24) is 25.1 Å². The zero-order valence-corrected chi connectivity index (χ0v) is 11.9. The molecule has 0 atom stereocenters. The molecule has 2 N–H and O–H groups in total. The summed E-state index contributed by atoms with van der Waals surface area (Å²) in [4.78, 5) is 14.7. The number of nitrogens with zero attached hydrogens (tertiary/aromatic N) is 5. The third-order valence-electron chi connectivity index (χ3n) is 2.52.